The summed E-state index contributed by atoms with van der Waals surface area (Å²) in [6.07, 6.45) is 6.27. The molecule has 1 unspecified atom stereocenters. The highest BCUT2D eigenvalue weighted by atomic mass is 32.2. The number of nitrogens with one attached hydrogen (secondary N) is 2. The van der Waals surface area contributed by atoms with Gasteiger partial charge in [-0.1, -0.05) is 6.92 Å². The Morgan fingerprint density at radius 2 is 1.94 bits per heavy atom. The van der Waals surface area contributed by atoms with Crippen LogP contribution < -0.4 is 10.0 Å². The van der Waals surface area contributed by atoms with E-state index in [1.165, 1.54) is 0 Å². The maximum absolute atomic E-state index is 12.1. The van der Waals surface area contributed by atoms with E-state index in [0.29, 0.717) is 12.8 Å². The van der Waals surface area contributed by atoms with Gasteiger partial charge in [-0.15, -0.1) is 12.3 Å². The molecule has 1 aromatic carbocycles. The third-order valence-corrected chi connectivity index (χ3v) is 4.17. The van der Waals surface area contributed by atoms with E-state index in [0.717, 1.165) is 5.69 Å². The van der Waals surface area contributed by atoms with Crippen LogP contribution in [0, 0.1) is 12.3 Å². The van der Waals surface area contributed by atoms with E-state index in [2.05, 4.69) is 16.0 Å². The lowest BCUT2D eigenvalue weighted by atomic mass is 10.2. The van der Waals surface area contributed by atoms with Crippen LogP contribution in [0.4, 0.5) is 5.69 Å². The average Bonchev–Trinajstić information content (AvgIpc) is 2.38. The van der Waals surface area contributed by atoms with Crippen LogP contribution >= 0.6 is 0 Å². The van der Waals surface area contributed by atoms with Crippen molar-refractivity contribution in [2.45, 2.75) is 30.7 Å². The molecule has 0 radical (unpaired) electrons. The van der Waals surface area contributed by atoms with Crippen LogP contribution in [0.1, 0.15) is 19.8 Å². The number of terminal acetylenes is 1. The zero-order valence-corrected chi connectivity index (χ0v) is 11.4. The number of benzene rings is 1. The molecule has 18 heavy (non-hydrogen) atoms. The summed E-state index contributed by atoms with van der Waals surface area (Å²) in [6, 6.07) is 6.35. The van der Waals surface area contributed by atoms with Crippen LogP contribution in [-0.2, 0) is 10.0 Å². The van der Waals surface area contributed by atoms with Gasteiger partial charge in [0.2, 0.25) is 10.0 Å². The summed E-state index contributed by atoms with van der Waals surface area (Å²) < 4.78 is 26.8. The first-order chi connectivity index (χ1) is 8.53. The Morgan fingerprint density at radius 3 is 2.39 bits per heavy atom. The lowest BCUT2D eigenvalue weighted by molar-refractivity contribution is 0.544. The van der Waals surface area contributed by atoms with Crippen LogP contribution in [0.15, 0.2) is 29.2 Å². The molecule has 1 aromatic rings. The van der Waals surface area contributed by atoms with Gasteiger partial charge in [-0.05, 0) is 30.7 Å². The predicted octanol–water partition coefficient (Wildman–Crippen LogP) is 1.81. The van der Waals surface area contributed by atoms with Gasteiger partial charge in [0, 0.05) is 25.2 Å². The van der Waals surface area contributed by atoms with Crippen LogP contribution in [0.3, 0.4) is 0 Å². The molecule has 0 aliphatic carbocycles. The minimum atomic E-state index is -3.49. The standard InChI is InChI=1S/C13H18N2O2S/c1-4-6-11(5-2)15-18(16,17)13-9-7-12(14-3)8-10-13/h1,7-11,14-15H,5-6H2,2-3H3. The van der Waals surface area contributed by atoms with E-state index in [4.69, 9.17) is 6.42 Å². The Hall–Kier alpha value is -1.51. The van der Waals surface area contributed by atoms with Gasteiger partial charge >= 0.3 is 0 Å². The topological polar surface area (TPSA) is 58.2 Å². The minimum absolute atomic E-state index is 0.219. The fourth-order valence-electron chi connectivity index (χ4n) is 1.50. The summed E-state index contributed by atoms with van der Waals surface area (Å²) in [5.41, 5.74) is 0.865. The molecule has 0 saturated carbocycles. The number of rotatable bonds is 6. The summed E-state index contributed by atoms with van der Waals surface area (Å²) in [5.74, 6) is 2.47. The van der Waals surface area contributed by atoms with Gasteiger partial charge < -0.3 is 5.32 Å². The fraction of sp³-hybridized carbons (Fsp3) is 0.385. The molecule has 0 spiro atoms. The van der Waals surface area contributed by atoms with Crippen molar-refractivity contribution in [3.8, 4) is 12.3 Å². The van der Waals surface area contributed by atoms with E-state index in [1.54, 1.807) is 31.3 Å². The molecule has 1 atom stereocenters. The first kappa shape index (κ1) is 14.6. The third kappa shape index (κ3) is 3.76. The lowest BCUT2D eigenvalue weighted by Crippen LogP contribution is -2.34. The molecule has 2 N–H and O–H groups in total. The zero-order chi connectivity index (χ0) is 13.6. The summed E-state index contributed by atoms with van der Waals surface area (Å²) in [4.78, 5) is 0.247. The Balaban J connectivity index is 2.88. The van der Waals surface area contributed by atoms with Crippen molar-refractivity contribution in [3.05, 3.63) is 24.3 Å². The van der Waals surface area contributed by atoms with Gasteiger partial charge in [0.15, 0.2) is 0 Å². The second kappa shape index (κ2) is 6.43. The molecule has 0 amide bonds. The van der Waals surface area contributed by atoms with Crippen molar-refractivity contribution in [3.63, 3.8) is 0 Å². The van der Waals surface area contributed by atoms with Crippen molar-refractivity contribution in [1.29, 1.82) is 0 Å². The number of hydrogen-bond donors (Lipinski definition) is 2. The van der Waals surface area contributed by atoms with Crippen molar-refractivity contribution in [1.82, 2.24) is 4.72 Å². The van der Waals surface area contributed by atoms with Crippen LogP contribution in [0.5, 0.6) is 0 Å². The van der Waals surface area contributed by atoms with Crippen LogP contribution in [0.2, 0.25) is 0 Å². The highest BCUT2D eigenvalue weighted by molar-refractivity contribution is 7.89. The molecule has 0 fully saturated rings. The third-order valence-electron chi connectivity index (χ3n) is 2.63. The number of hydrogen-bond acceptors (Lipinski definition) is 3. The Morgan fingerprint density at radius 1 is 1.33 bits per heavy atom. The molecular weight excluding hydrogens is 248 g/mol. The largest absolute Gasteiger partial charge is 0.388 e. The molecule has 0 aromatic heterocycles. The van der Waals surface area contributed by atoms with E-state index in [-0.39, 0.29) is 10.9 Å². The van der Waals surface area contributed by atoms with Gasteiger partial charge in [-0.25, -0.2) is 13.1 Å². The molecule has 98 valence electrons. The van der Waals surface area contributed by atoms with E-state index in [1.807, 2.05) is 6.92 Å². The minimum Gasteiger partial charge on any atom is -0.388 e. The monoisotopic (exact) mass is 266 g/mol. The zero-order valence-electron chi connectivity index (χ0n) is 10.6. The lowest BCUT2D eigenvalue weighted by Gasteiger charge is -2.14. The number of sulfonamides is 1. The van der Waals surface area contributed by atoms with E-state index in [9.17, 15) is 8.42 Å². The maximum Gasteiger partial charge on any atom is 0.240 e. The van der Waals surface area contributed by atoms with Crippen molar-refractivity contribution in [2.24, 2.45) is 0 Å². The quantitative estimate of drug-likeness (QED) is 0.772. The summed E-state index contributed by atoms with van der Waals surface area (Å²) in [7, 11) is -1.71. The smallest absolute Gasteiger partial charge is 0.240 e. The summed E-state index contributed by atoms with van der Waals surface area (Å²) >= 11 is 0. The normalized spacial score (nSPS) is 12.7. The maximum atomic E-state index is 12.1. The average molecular weight is 266 g/mol. The first-order valence-electron chi connectivity index (χ1n) is 5.77. The molecule has 1 rings (SSSR count). The van der Waals surface area contributed by atoms with Gasteiger partial charge in [-0.2, -0.15) is 0 Å². The Labute approximate surface area is 109 Å². The SMILES string of the molecule is C#CCC(CC)NS(=O)(=O)c1ccc(NC)cc1. The van der Waals surface area contributed by atoms with Crippen LogP contribution in [-0.4, -0.2) is 21.5 Å². The molecule has 4 nitrogen and oxygen atoms in total. The number of anilines is 1. The Bertz CT molecular complexity index is 515. The summed E-state index contributed by atoms with van der Waals surface area (Å²) in [5, 5.41) is 2.94. The van der Waals surface area contributed by atoms with Crippen molar-refractivity contribution < 1.29 is 8.42 Å². The summed E-state index contributed by atoms with van der Waals surface area (Å²) in [6.45, 7) is 1.90. The van der Waals surface area contributed by atoms with E-state index < -0.39 is 10.0 Å². The van der Waals surface area contributed by atoms with Crippen molar-refractivity contribution in [2.75, 3.05) is 12.4 Å². The van der Waals surface area contributed by atoms with Crippen molar-refractivity contribution >= 4 is 15.7 Å². The van der Waals surface area contributed by atoms with Crippen LogP contribution in [0.25, 0.3) is 0 Å². The second-order valence-electron chi connectivity index (χ2n) is 3.91. The molecular formula is C13H18N2O2S. The van der Waals surface area contributed by atoms with E-state index >= 15 is 0 Å². The van der Waals surface area contributed by atoms with Gasteiger partial charge in [0.05, 0.1) is 4.90 Å². The van der Waals surface area contributed by atoms with Gasteiger partial charge in [-0.3, -0.25) is 0 Å². The predicted molar refractivity (Wildman–Crippen MR) is 73.8 cm³/mol. The molecule has 0 bridgehead atoms. The fourth-order valence-corrected chi connectivity index (χ4v) is 2.82. The molecule has 5 heteroatoms. The van der Waals surface area contributed by atoms with Gasteiger partial charge in [0.1, 0.15) is 0 Å². The first-order valence-corrected chi connectivity index (χ1v) is 7.25. The highest BCUT2D eigenvalue weighted by Crippen LogP contribution is 2.14. The molecule has 0 aliphatic rings. The highest BCUT2D eigenvalue weighted by Gasteiger charge is 2.18. The Kier molecular flexibility index (Phi) is 5.20. The molecule has 0 aliphatic heterocycles. The second-order valence-corrected chi connectivity index (χ2v) is 5.62. The molecule has 0 heterocycles. The molecule has 0 saturated heterocycles. The van der Waals surface area contributed by atoms with Gasteiger partial charge in [0.25, 0.3) is 0 Å².